The van der Waals surface area contributed by atoms with E-state index in [1.165, 1.54) is 42.0 Å². The monoisotopic (exact) mass is 406 g/mol. The predicted octanol–water partition coefficient (Wildman–Crippen LogP) is 7.99. The van der Waals surface area contributed by atoms with Gasteiger partial charge in [-0.25, -0.2) is 13.2 Å². The lowest BCUT2D eigenvalue weighted by molar-refractivity contribution is 0.509. The summed E-state index contributed by atoms with van der Waals surface area (Å²) in [5, 5.41) is 0. The third-order valence-corrected chi connectivity index (χ3v) is 5.88. The molecule has 0 bridgehead atoms. The van der Waals surface area contributed by atoms with Crippen LogP contribution in [0, 0.1) is 17.5 Å². The highest BCUT2D eigenvalue weighted by Crippen LogP contribution is 2.36. The summed E-state index contributed by atoms with van der Waals surface area (Å²) in [6, 6.07) is 15.7. The number of unbranched alkanes of at least 4 members (excludes halogenated alkanes) is 2. The summed E-state index contributed by atoms with van der Waals surface area (Å²) in [7, 11) is 0. The summed E-state index contributed by atoms with van der Waals surface area (Å²) in [4.78, 5) is 0. The van der Waals surface area contributed by atoms with Gasteiger partial charge in [0.2, 0.25) is 0 Å². The van der Waals surface area contributed by atoms with Crippen molar-refractivity contribution in [1.82, 2.24) is 0 Å². The van der Waals surface area contributed by atoms with Crippen LogP contribution in [-0.2, 0) is 12.8 Å². The van der Waals surface area contributed by atoms with Gasteiger partial charge in [-0.1, -0.05) is 68.3 Å². The Bertz CT molecular complexity index is 1080. The quantitative estimate of drug-likeness (QED) is 0.364. The molecule has 0 amide bonds. The highest BCUT2D eigenvalue weighted by molar-refractivity contribution is 5.85. The fourth-order valence-corrected chi connectivity index (χ4v) is 4.12. The number of halogens is 3. The molecule has 0 fully saturated rings. The second kappa shape index (κ2) is 8.91. The smallest absolute Gasteiger partial charge is 0.159 e. The van der Waals surface area contributed by atoms with Crippen LogP contribution < -0.4 is 0 Å². The molecule has 1 aliphatic carbocycles. The third kappa shape index (κ3) is 4.21. The van der Waals surface area contributed by atoms with Crippen LogP contribution in [0.3, 0.4) is 0 Å². The van der Waals surface area contributed by atoms with E-state index in [4.69, 9.17) is 0 Å². The minimum Gasteiger partial charge on any atom is -0.206 e. The largest absolute Gasteiger partial charge is 0.206 e. The molecule has 3 aromatic carbocycles. The maximum Gasteiger partial charge on any atom is 0.159 e. The van der Waals surface area contributed by atoms with Crippen molar-refractivity contribution in [3.63, 3.8) is 0 Å². The Labute approximate surface area is 176 Å². The summed E-state index contributed by atoms with van der Waals surface area (Å²) < 4.78 is 42.0. The highest BCUT2D eigenvalue weighted by Gasteiger charge is 2.19. The van der Waals surface area contributed by atoms with E-state index < -0.39 is 11.6 Å². The van der Waals surface area contributed by atoms with Crippen LogP contribution in [0.25, 0.3) is 22.8 Å². The summed E-state index contributed by atoms with van der Waals surface area (Å²) in [6.45, 7) is 2.21. The molecule has 0 radical (unpaired) electrons. The van der Waals surface area contributed by atoms with Gasteiger partial charge in [0, 0.05) is 5.56 Å². The first-order chi connectivity index (χ1) is 14.6. The Morgan fingerprint density at radius 3 is 2.27 bits per heavy atom. The van der Waals surface area contributed by atoms with Crippen LogP contribution >= 0.6 is 0 Å². The average Bonchev–Trinajstić information content (AvgIpc) is 2.76. The zero-order valence-electron chi connectivity index (χ0n) is 17.2. The average molecular weight is 406 g/mol. The molecule has 0 unspecified atom stereocenters. The number of hydrogen-bond donors (Lipinski definition) is 0. The van der Waals surface area contributed by atoms with Crippen LogP contribution in [-0.4, -0.2) is 0 Å². The number of rotatable bonds is 6. The van der Waals surface area contributed by atoms with Gasteiger partial charge in [0.25, 0.3) is 0 Å². The van der Waals surface area contributed by atoms with Gasteiger partial charge in [-0.3, -0.25) is 0 Å². The van der Waals surface area contributed by atoms with Crippen molar-refractivity contribution in [1.29, 1.82) is 0 Å². The van der Waals surface area contributed by atoms with Crippen molar-refractivity contribution in [2.45, 2.75) is 45.4 Å². The zero-order chi connectivity index (χ0) is 21.1. The normalized spacial score (nSPS) is 13.1. The Hall–Kier alpha value is -2.81. The second-order valence-electron chi connectivity index (χ2n) is 7.95. The molecule has 4 rings (SSSR count). The lowest BCUT2D eigenvalue weighted by Crippen LogP contribution is -2.04. The van der Waals surface area contributed by atoms with Crippen LogP contribution in [0.2, 0.25) is 0 Å². The van der Waals surface area contributed by atoms with E-state index in [0.717, 1.165) is 30.5 Å². The van der Waals surface area contributed by atoms with Gasteiger partial charge in [-0.15, -0.1) is 0 Å². The van der Waals surface area contributed by atoms with Gasteiger partial charge in [0.1, 0.15) is 5.82 Å². The predicted molar refractivity (Wildman–Crippen MR) is 118 cm³/mol. The molecule has 0 saturated carbocycles. The highest BCUT2D eigenvalue weighted by atomic mass is 19.2. The first kappa shape index (κ1) is 20.5. The van der Waals surface area contributed by atoms with Crippen molar-refractivity contribution in [3.05, 3.63) is 94.3 Å². The van der Waals surface area contributed by atoms with E-state index in [-0.39, 0.29) is 5.82 Å². The van der Waals surface area contributed by atoms with Crippen LogP contribution in [0.1, 0.15) is 54.9 Å². The first-order valence-corrected chi connectivity index (χ1v) is 10.6. The van der Waals surface area contributed by atoms with Crippen molar-refractivity contribution in [2.24, 2.45) is 0 Å². The molecule has 0 saturated heterocycles. The molecule has 3 heteroatoms. The molecule has 3 aromatic rings. The van der Waals surface area contributed by atoms with E-state index in [2.05, 4.69) is 31.2 Å². The first-order valence-electron chi connectivity index (χ1n) is 10.6. The van der Waals surface area contributed by atoms with Crippen LogP contribution in [0.4, 0.5) is 13.2 Å². The number of fused-ring (bicyclic) bond motifs is 1. The molecule has 0 aromatic heterocycles. The number of hydrogen-bond acceptors (Lipinski definition) is 0. The molecule has 154 valence electrons. The molecule has 0 heterocycles. The van der Waals surface area contributed by atoms with Crippen LogP contribution in [0.15, 0.2) is 54.6 Å². The fourth-order valence-electron chi connectivity index (χ4n) is 4.12. The van der Waals surface area contributed by atoms with Crippen molar-refractivity contribution in [3.8, 4) is 11.1 Å². The zero-order valence-corrected chi connectivity index (χ0v) is 17.2. The molecule has 0 N–H and O–H groups in total. The summed E-state index contributed by atoms with van der Waals surface area (Å²) >= 11 is 0. The maximum absolute atomic E-state index is 15.2. The van der Waals surface area contributed by atoms with E-state index >= 15 is 4.39 Å². The maximum atomic E-state index is 15.2. The number of allylic oxidation sites excluding steroid dienone is 1. The van der Waals surface area contributed by atoms with E-state index in [0.29, 0.717) is 23.1 Å². The molecule has 0 spiro atoms. The van der Waals surface area contributed by atoms with Gasteiger partial charge in [0.15, 0.2) is 11.6 Å². The van der Waals surface area contributed by atoms with Gasteiger partial charge in [0.05, 0.1) is 0 Å². The summed E-state index contributed by atoms with van der Waals surface area (Å²) in [6.07, 6.45) is 8.17. The SMILES string of the molecule is CCCCCc1ccc(C2=Cc3ccc(-c4ccc(F)c(F)c4)c(F)c3CC2)cc1. The van der Waals surface area contributed by atoms with E-state index in [9.17, 15) is 8.78 Å². The molecule has 0 nitrogen and oxygen atoms in total. The van der Waals surface area contributed by atoms with Crippen molar-refractivity contribution in [2.75, 3.05) is 0 Å². The molecular formula is C27H25F3. The molecule has 0 aliphatic heterocycles. The molecular weight excluding hydrogens is 381 g/mol. The Kier molecular flexibility index (Phi) is 6.08. The Morgan fingerprint density at radius 1 is 0.767 bits per heavy atom. The van der Waals surface area contributed by atoms with Gasteiger partial charge >= 0.3 is 0 Å². The summed E-state index contributed by atoms with van der Waals surface area (Å²) in [5.74, 6) is -2.24. The lowest BCUT2D eigenvalue weighted by atomic mass is 9.86. The molecule has 1 aliphatic rings. The Balaban J connectivity index is 1.59. The summed E-state index contributed by atoms with van der Waals surface area (Å²) in [5.41, 5.74) is 5.87. The molecule has 30 heavy (non-hydrogen) atoms. The van der Waals surface area contributed by atoms with Gasteiger partial charge in [-0.05, 0) is 71.2 Å². The topological polar surface area (TPSA) is 0 Å². The number of aryl methyl sites for hydroxylation is 1. The minimum atomic E-state index is -0.968. The van der Waals surface area contributed by atoms with Crippen molar-refractivity contribution >= 4 is 11.6 Å². The lowest BCUT2D eigenvalue weighted by Gasteiger charge is -2.19. The standard InChI is InChI=1S/C27H25F3/c1-2-3-4-5-18-6-8-19(9-7-18)20-10-13-23-21(16-20)11-14-24(27(23)30)22-12-15-25(28)26(29)17-22/h6-9,11-12,14-17H,2-5,10,13H2,1H3. The van der Waals surface area contributed by atoms with E-state index in [1.807, 2.05) is 12.1 Å². The third-order valence-electron chi connectivity index (χ3n) is 5.88. The van der Waals surface area contributed by atoms with Gasteiger partial charge < -0.3 is 0 Å². The minimum absolute atomic E-state index is 0.306. The van der Waals surface area contributed by atoms with Crippen LogP contribution in [0.5, 0.6) is 0 Å². The number of benzene rings is 3. The van der Waals surface area contributed by atoms with Gasteiger partial charge in [-0.2, -0.15) is 0 Å². The van der Waals surface area contributed by atoms with Crippen molar-refractivity contribution < 1.29 is 13.2 Å². The molecule has 0 atom stereocenters. The second-order valence-corrected chi connectivity index (χ2v) is 7.95. The fraction of sp³-hybridized carbons (Fsp3) is 0.259. The van der Waals surface area contributed by atoms with E-state index in [1.54, 1.807) is 6.07 Å². The Morgan fingerprint density at radius 2 is 1.53 bits per heavy atom.